The third-order valence-corrected chi connectivity index (χ3v) is 4.58. The first-order chi connectivity index (χ1) is 15.1. The lowest BCUT2D eigenvalue weighted by Gasteiger charge is -2.22. The fourth-order valence-electron chi connectivity index (χ4n) is 3.11. The van der Waals surface area contributed by atoms with Gasteiger partial charge in [0.05, 0.1) is 12.0 Å². The molecule has 0 aromatic heterocycles. The number of nitro groups is 1. The smallest absolute Gasteiger partial charge is 0.269 e. The summed E-state index contributed by atoms with van der Waals surface area (Å²) in [4.78, 5) is 46.9. The van der Waals surface area contributed by atoms with Gasteiger partial charge in [0.25, 0.3) is 5.69 Å². The van der Waals surface area contributed by atoms with Crippen LogP contribution in [0.25, 0.3) is 0 Å². The van der Waals surface area contributed by atoms with Gasteiger partial charge in [-0.1, -0.05) is 12.1 Å². The van der Waals surface area contributed by atoms with Crippen molar-refractivity contribution in [1.82, 2.24) is 10.6 Å². The van der Waals surface area contributed by atoms with Crippen LogP contribution < -0.4 is 21.1 Å². The third kappa shape index (κ3) is 6.76. The predicted molar refractivity (Wildman–Crippen MR) is 112 cm³/mol. The van der Waals surface area contributed by atoms with E-state index in [9.17, 15) is 28.9 Å². The summed E-state index contributed by atoms with van der Waals surface area (Å²) < 4.78 is 18.7. The highest BCUT2D eigenvalue weighted by Gasteiger charge is 2.27. The van der Waals surface area contributed by atoms with Crippen molar-refractivity contribution >= 4 is 23.4 Å². The first-order valence-electron chi connectivity index (χ1n) is 9.53. The van der Waals surface area contributed by atoms with E-state index in [1.807, 2.05) is 0 Å². The average Bonchev–Trinajstić information content (AvgIpc) is 2.72. The molecule has 0 saturated carbocycles. The van der Waals surface area contributed by atoms with Gasteiger partial charge in [-0.3, -0.25) is 24.5 Å². The minimum atomic E-state index is -1.25. The molecule has 0 aliphatic carbocycles. The molecule has 2 atom stereocenters. The van der Waals surface area contributed by atoms with E-state index in [2.05, 4.69) is 10.6 Å². The van der Waals surface area contributed by atoms with Crippen LogP contribution in [0.1, 0.15) is 18.1 Å². The molecule has 0 radical (unpaired) electrons. The number of non-ortho nitro benzene ring substituents is 1. The van der Waals surface area contributed by atoms with Crippen molar-refractivity contribution in [1.29, 1.82) is 0 Å². The highest BCUT2D eigenvalue weighted by Crippen LogP contribution is 2.25. The molecular formula is C21H23FN4O6. The summed E-state index contributed by atoms with van der Waals surface area (Å²) in [6.07, 6.45) is -0.215. The second-order valence-corrected chi connectivity index (χ2v) is 7.01. The normalized spacial score (nSPS) is 12.3. The molecule has 0 saturated heterocycles. The molecule has 11 heteroatoms. The summed E-state index contributed by atoms with van der Waals surface area (Å²) in [6.45, 7) is 1.21. The molecule has 2 aromatic rings. The minimum Gasteiger partial charge on any atom is -0.496 e. The number of primary amides is 1. The van der Waals surface area contributed by atoms with E-state index < -0.39 is 40.5 Å². The van der Waals surface area contributed by atoms with Crippen molar-refractivity contribution in [2.75, 3.05) is 7.11 Å². The van der Waals surface area contributed by atoms with Crippen molar-refractivity contribution in [2.24, 2.45) is 5.73 Å². The van der Waals surface area contributed by atoms with Gasteiger partial charge in [0, 0.05) is 37.5 Å². The van der Waals surface area contributed by atoms with Gasteiger partial charge < -0.3 is 21.1 Å². The minimum absolute atomic E-state index is 0.0330. The van der Waals surface area contributed by atoms with E-state index in [1.165, 1.54) is 50.4 Å². The molecule has 0 unspecified atom stereocenters. The Morgan fingerprint density at radius 2 is 1.84 bits per heavy atom. The molecule has 2 rings (SSSR count). The number of methoxy groups -OCH3 is 1. The first-order valence-corrected chi connectivity index (χ1v) is 9.53. The fourth-order valence-corrected chi connectivity index (χ4v) is 3.11. The Kier molecular flexibility index (Phi) is 8.22. The van der Waals surface area contributed by atoms with Crippen LogP contribution in [0.2, 0.25) is 0 Å². The summed E-state index contributed by atoms with van der Waals surface area (Å²) in [5.41, 5.74) is 5.94. The molecule has 0 bridgehead atoms. The van der Waals surface area contributed by atoms with Crippen LogP contribution in [-0.4, -0.2) is 41.8 Å². The number of carbonyl (C=O) groups excluding carboxylic acids is 3. The zero-order chi connectivity index (χ0) is 23.8. The van der Waals surface area contributed by atoms with Crippen LogP contribution in [0.15, 0.2) is 42.5 Å². The SMILES string of the molecule is COc1ccc([N+](=O)[O-])cc1C[C@H](NC(=O)[C@H](Cc1cccc(F)c1)NC(C)=O)C(N)=O. The summed E-state index contributed by atoms with van der Waals surface area (Å²) in [5, 5.41) is 16.0. The van der Waals surface area contributed by atoms with Crippen molar-refractivity contribution in [3.05, 3.63) is 69.5 Å². The van der Waals surface area contributed by atoms with Crippen molar-refractivity contribution < 1.29 is 28.4 Å². The standard InChI is InChI=1S/C21H23FN4O6/c1-12(27)24-18(9-13-4-3-5-15(22)8-13)21(29)25-17(20(23)28)11-14-10-16(26(30)31)6-7-19(14)32-2/h3-8,10,17-18H,9,11H2,1-2H3,(H2,23,28)(H,24,27)(H,25,29)/t17-,18-/m0/s1. The fraction of sp³-hybridized carbons (Fsp3) is 0.286. The zero-order valence-electron chi connectivity index (χ0n) is 17.5. The predicted octanol–water partition coefficient (Wildman–Crippen LogP) is 1.00. The largest absolute Gasteiger partial charge is 0.496 e. The number of hydrogen-bond acceptors (Lipinski definition) is 6. The third-order valence-electron chi connectivity index (χ3n) is 4.58. The molecule has 0 spiro atoms. The van der Waals surface area contributed by atoms with E-state index in [1.54, 1.807) is 6.07 Å². The lowest BCUT2D eigenvalue weighted by Crippen LogP contribution is -2.54. The lowest BCUT2D eigenvalue weighted by molar-refractivity contribution is -0.384. The van der Waals surface area contributed by atoms with E-state index in [4.69, 9.17) is 10.5 Å². The summed E-state index contributed by atoms with van der Waals surface area (Å²) in [5.74, 6) is -2.35. The van der Waals surface area contributed by atoms with E-state index >= 15 is 0 Å². The average molecular weight is 446 g/mol. The molecule has 4 N–H and O–H groups in total. The van der Waals surface area contributed by atoms with Gasteiger partial charge >= 0.3 is 0 Å². The van der Waals surface area contributed by atoms with Gasteiger partial charge in [0.1, 0.15) is 23.7 Å². The number of nitrogens with two attached hydrogens (primary N) is 1. The van der Waals surface area contributed by atoms with Gasteiger partial charge in [-0.2, -0.15) is 0 Å². The van der Waals surface area contributed by atoms with Crippen molar-refractivity contribution in [3.8, 4) is 5.75 Å². The lowest BCUT2D eigenvalue weighted by atomic mass is 10.0. The topological polar surface area (TPSA) is 154 Å². The quantitative estimate of drug-likeness (QED) is 0.365. The van der Waals surface area contributed by atoms with Crippen molar-refractivity contribution in [2.45, 2.75) is 31.8 Å². The van der Waals surface area contributed by atoms with Gasteiger partial charge in [-0.25, -0.2) is 4.39 Å². The molecule has 0 aliphatic heterocycles. The van der Waals surface area contributed by atoms with Gasteiger partial charge in [0.15, 0.2) is 0 Å². The van der Waals surface area contributed by atoms with Crippen LogP contribution in [0, 0.1) is 15.9 Å². The molecule has 0 heterocycles. The zero-order valence-corrected chi connectivity index (χ0v) is 17.5. The van der Waals surface area contributed by atoms with E-state index in [0.29, 0.717) is 5.56 Å². The summed E-state index contributed by atoms with van der Waals surface area (Å²) >= 11 is 0. The first kappa shape index (κ1) is 24.3. The maximum Gasteiger partial charge on any atom is 0.269 e. The molecule has 170 valence electrons. The second-order valence-electron chi connectivity index (χ2n) is 7.01. The Morgan fingerprint density at radius 1 is 1.12 bits per heavy atom. The van der Waals surface area contributed by atoms with E-state index in [-0.39, 0.29) is 29.8 Å². The number of ether oxygens (including phenoxy) is 1. The Bertz CT molecular complexity index is 1030. The molecule has 0 aliphatic rings. The number of nitro benzene ring substituents is 1. The molecule has 10 nitrogen and oxygen atoms in total. The van der Waals surface area contributed by atoms with Gasteiger partial charge in [-0.05, 0) is 23.8 Å². The number of amides is 3. The Balaban J connectivity index is 2.25. The summed E-state index contributed by atoms with van der Waals surface area (Å²) in [7, 11) is 1.36. The van der Waals surface area contributed by atoms with E-state index in [0.717, 1.165) is 0 Å². The number of halogens is 1. The van der Waals surface area contributed by atoms with Gasteiger partial charge in [-0.15, -0.1) is 0 Å². The maximum atomic E-state index is 13.5. The summed E-state index contributed by atoms with van der Waals surface area (Å²) in [6, 6.07) is 7.00. The number of rotatable bonds is 10. The van der Waals surface area contributed by atoms with Crippen molar-refractivity contribution in [3.63, 3.8) is 0 Å². The number of nitrogens with one attached hydrogen (secondary N) is 2. The number of hydrogen-bond donors (Lipinski definition) is 3. The highest BCUT2D eigenvalue weighted by molar-refractivity contribution is 5.91. The van der Waals surface area contributed by atoms with Crippen LogP contribution in [-0.2, 0) is 27.2 Å². The molecular weight excluding hydrogens is 423 g/mol. The highest BCUT2D eigenvalue weighted by atomic mass is 19.1. The molecule has 32 heavy (non-hydrogen) atoms. The number of carbonyl (C=O) groups is 3. The maximum absolute atomic E-state index is 13.5. The Labute approximate surface area is 183 Å². The van der Waals surface area contributed by atoms with Crippen LogP contribution >= 0.6 is 0 Å². The monoisotopic (exact) mass is 446 g/mol. The molecule has 0 fully saturated rings. The Hall–Kier alpha value is -4.02. The molecule has 3 amide bonds. The van der Waals surface area contributed by atoms with Gasteiger partial charge in [0.2, 0.25) is 17.7 Å². The second kappa shape index (κ2) is 10.8. The molecule has 2 aromatic carbocycles. The Morgan fingerprint density at radius 3 is 2.41 bits per heavy atom. The number of nitrogens with zero attached hydrogens (tertiary/aromatic N) is 1. The van der Waals surface area contributed by atoms with Crippen LogP contribution in [0.3, 0.4) is 0 Å². The van der Waals surface area contributed by atoms with Crippen LogP contribution in [0.4, 0.5) is 10.1 Å². The number of benzene rings is 2. The van der Waals surface area contributed by atoms with Crippen LogP contribution in [0.5, 0.6) is 5.75 Å².